The van der Waals surface area contributed by atoms with Crippen molar-refractivity contribution in [2.45, 2.75) is 20.8 Å². The number of hydrogen-bond donors (Lipinski definition) is 2. The molecule has 122 valence electrons. The van der Waals surface area contributed by atoms with Crippen LogP contribution in [0.25, 0.3) is 11.3 Å². The molecular formula is C19H18ClN3O. The van der Waals surface area contributed by atoms with Crippen LogP contribution in [0.2, 0.25) is 5.02 Å². The van der Waals surface area contributed by atoms with Gasteiger partial charge in [-0.15, -0.1) is 0 Å². The van der Waals surface area contributed by atoms with Gasteiger partial charge in [0.2, 0.25) is 0 Å². The van der Waals surface area contributed by atoms with E-state index in [1.54, 1.807) is 18.2 Å². The first-order valence-corrected chi connectivity index (χ1v) is 8.02. The van der Waals surface area contributed by atoms with Gasteiger partial charge >= 0.3 is 0 Å². The third-order valence-electron chi connectivity index (χ3n) is 3.88. The van der Waals surface area contributed by atoms with Gasteiger partial charge in [0.05, 0.1) is 5.69 Å². The summed E-state index contributed by atoms with van der Waals surface area (Å²) < 4.78 is 0. The van der Waals surface area contributed by atoms with Crippen LogP contribution in [0.1, 0.15) is 27.2 Å². The first-order chi connectivity index (χ1) is 11.4. The van der Waals surface area contributed by atoms with Gasteiger partial charge in [-0.05, 0) is 50.1 Å². The molecule has 2 N–H and O–H groups in total. The van der Waals surface area contributed by atoms with Crippen molar-refractivity contribution in [3.05, 3.63) is 69.9 Å². The highest BCUT2D eigenvalue weighted by molar-refractivity contribution is 6.30. The molecule has 5 heteroatoms. The summed E-state index contributed by atoms with van der Waals surface area (Å²) in [6, 6.07) is 13.2. The molecule has 1 amide bonds. The molecule has 0 spiro atoms. The fraction of sp³-hybridized carbons (Fsp3) is 0.158. The second kappa shape index (κ2) is 6.49. The largest absolute Gasteiger partial charge is 0.320 e. The minimum atomic E-state index is -0.210. The Kier molecular flexibility index (Phi) is 4.40. The second-order valence-corrected chi connectivity index (χ2v) is 6.34. The predicted octanol–water partition coefficient (Wildman–Crippen LogP) is 4.91. The minimum Gasteiger partial charge on any atom is -0.320 e. The maximum atomic E-state index is 12.5. The number of nitrogens with zero attached hydrogens (tertiary/aromatic N) is 1. The molecule has 4 nitrogen and oxygen atoms in total. The van der Waals surface area contributed by atoms with Gasteiger partial charge in [-0.3, -0.25) is 9.89 Å². The summed E-state index contributed by atoms with van der Waals surface area (Å²) in [5.41, 5.74) is 6.12. The molecule has 1 aromatic heterocycles. The summed E-state index contributed by atoms with van der Waals surface area (Å²) in [6.45, 7) is 6.02. The summed E-state index contributed by atoms with van der Waals surface area (Å²) in [6.07, 6.45) is 0. The number of anilines is 1. The topological polar surface area (TPSA) is 57.8 Å². The first kappa shape index (κ1) is 16.3. The zero-order valence-electron chi connectivity index (χ0n) is 13.8. The summed E-state index contributed by atoms with van der Waals surface area (Å²) >= 11 is 5.89. The van der Waals surface area contributed by atoms with Crippen LogP contribution in [0.5, 0.6) is 0 Å². The fourth-order valence-electron chi connectivity index (χ4n) is 2.76. The summed E-state index contributed by atoms with van der Waals surface area (Å²) in [5, 5.41) is 10.6. The highest BCUT2D eigenvalue weighted by atomic mass is 35.5. The molecule has 0 fully saturated rings. The normalized spacial score (nSPS) is 10.7. The number of aryl methyl sites for hydroxylation is 3. The van der Waals surface area contributed by atoms with Crippen LogP contribution < -0.4 is 5.32 Å². The third kappa shape index (κ3) is 3.34. The van der Waals surface area contributed by atoms with Crippen molar-refractivity contribution in [1.82, 2.24) is 10.2 Å². The van der Waals surface area contributed by atoms with Crippen LogP contribution in [0.15, 0.2) is 42.5 Å². The van der Waals surface area contributed by atoms with E-state index in [2.05, 4.69) is 27.6 Å². The molecule has 0 aliphatic rings. The molecule has 1 heterocycles. The van der Waals surface area contributed by atoms with Crippen molar-refractivity contribution >= 4 is 23.2 Å². The van der Waals surface area contributed by atoms with Gasteiger partial charge < -0.3 is 5.32 Å². The lowest BCUT2D eigenvalue weighted by molar-refractivity contribution is 0.102. The van der Waals surface area contributed by atoms with Gasteiger partial charge in [-0.2, -0.15) is 5.10 Å². The molecule has 0 saturated carbocycles. The Balaban J connectivity index is 1.83. The number of nitrogens with one attached hydrogen (secondary N) is 2. The van der Waals surface area contributed by atoms with Crippen LogP contribution in [0, 0.1) is 20.8 Å². The maximum Gasteiger partial charge on any atom is 0.273 e. The lowest BCUT2D eigenvalue weighted by Gasteiger charge is -2.12. The lowest BCUT2D eigenvalue weighted by Crippen LogP contribution is -2.14. The molecule has 24 heavy (non-hydrogen) atoms. The van der Waals surface area contributed by atoms with E-state index in [1.807, 2.05) is 32.9 Å². The number of amides is 1. The zero-order chi connectivity index (χ0) is 17.3. The molecule has 0 atom stereocenters. The van der Waals surface area contributed by atoms with Crippen molar-refractivity contribution in [2.75, 3.05) is 5.32 Å². The van der Waals surface area contributed by atoms with Gasteiger partial charge in [0.15, 0.2) is 0 Å². The highest BCUT2D eigenvalue weighted by Crippen LogP contribution is 2.24. The Morgan fingerprint density at radius 3 is 2.29 bits per heavy atom. The van der Waals surface area contributed by atoms with Crippen molar-refractivity contribution < 1.29 is 4.79 Å². The number of hydrogen-bond acceptors (Lipinski definition) is 2. The molecule has 0 bridgehead atoms. The van der Waals surface area contributed by atoms with Crippen LogP contribution in [0.4, 0.5) is 5.69 Å². The van der Waals surface area contributed by atoms with E-state index in [0.717, 1.165) is 22.4 Å². The fourth-order valence-corrected chi connectivity index (χ4v) is 2.89. The van der Waals surface area contributed by atoms with Crippen molar-refractivity contribution in [2.24, 2.45) is 0 Å². The molecular weight excluding hydrogens is 322 g/mol. The number of rotatable bonds is 3. The molecule has 3 aromatic rings. The van der Waals surface area contributed by atoms with E-state index in [4.69, 9.17) is 11.6 Å². The van der Waals surface area contributed by atoms with Gasteiger partial charge in [-0.25, -0.2) is 0 Å². The van der Waals surface area contributed by atoms with E-state index < -0.39 is 0 Å². The van der Waals surface area contributed by atoms with E-state index in [-0.39, 0.29) is 5.91 Å². The number of H-pyrrole nitrogens is 1. The SMILES string of the molecule is Cc1cc(C)c(NC(=O)c2cc(-c3ccc(Cl)cc3)n[nH]2)c(C)c1. The Morgan fingerprint density at radius 2 is 1.67 bits per heavy atom. The van der Waals surface area contributed by atoms with E-state index in [9.17, 15) is 4.79 Å². The molecule has 0 aliphatic carbocycles. The number of carbonyl (C=O) groups is 1. The zero-order valence-corrected chi connectivity index (χ0v) is 14.5. The quantitative estimate of drug-likeness (QED) is 0.712. The average Bonchev–Trinajstić information content (AvgIpc) is 3.01. The van der Waals surface area contributed by atoms with Crippen molar-refractivity contribution in [3.8, 4) is 11.3 Å². The van der Waals surface area contributed by atoms with Gasteiger partial charge in [0.1, 0.15) is 5.69 Å². The number of aromatic nitrogens is 2. The second-order valence-electron chi connectivity index (χ2n) is 5.90. The Labute approximate surface area is 145 Å². The molecule has 0 saturated heterocycles. The Bertz CT molecular complexity index is 874. The highest BCUT2D eigenvalue weighted by Gasteiger charge is 2.14. The monoisotopic (exact) mass is 339 g/mol. The molecule has 0 unspecified atom stereocenters. The summed E-state index contributed by atoms with van der Waals surface area (Å²) in [5.74, 6) is -0.210. The molecule has 2 aromatic carbocycles. The standard InChI is InChI=1S/C19H18ClN3O/c1-11-8-12(2)18(13(3)9-11)21-19(24)17-10-16(22-23-17)14-4-6-15(20)7-5-14/h4-10H,1-3H3,(H,21,24)(H,22,23). The summed E-state index contributed by atoms with van der Waals surface area (Å²) in [4.78, 5) is 12.5. The van der Waals surface area contributed by atoms with E-state index >= 15 is 0 Å². The molecule has 0 aliphatic heterocycles. The first-order valence-electron chi connectivity index (χ1n) is 7.64. The summed E-state index contributed by atoms with van der Waals surface area (Å²) in [7, 11) is 0. The average molecular weight is 340 g/mol. The lowest BCUT2D eigenvalue weighted by atomic mass is 10.0. The van der Waals surface area contributed by atoms with Crippen molar-refractivity contribution in [3.63, 3.8) is 0 Å². The number of halogens is 1. The predicted molar refractivity (Wildman–Crippen MR) is 97.6 cm³/mol. The number of aromatic amines is 1. The van der Waals surface area contributed by atoms with E-state index in [0.29, 0.717) is 16.4 Å². The van der Waals surface area contributed by atoms with Gasteiger partial charge in [0.25, 0.3) is 5.91 Å². The number of benzene rings is 2. The third-order valence-corrected chi connectivity index (χ3v) is 4.13. The smallest absolute Gasteiger partial charge is 0.273 e. The molecule has 0 radical (unpaired) electrons. The molecule has 3 rings (SSSR count). The van der Waals surface area contributed by atoms with Gasteiger partial charge in [-0.1, -0.05) is 41.4 Å². The Morgan fingerprint density at radius 1 is 1.04 bits per heavy atom. The van der Waals surface area contributed by atoms with Gasteiger partial charge in [0, 0.05) is 16.3 Å². The Hall–Kier alpha value is -2.59. The van der Waals surface area contributed by atoms with Crippen LogP contribution in [-0.4, -0.2) is 16.1 Å². The van der Waals surface area contributed by atoms with Crippen LogP contribution in [-0.2, 0) is 0 Å². The maximum absolute atomic E-state index is 12.5. The minimum absolute atomic E-state index is 0.210. The van der Waals surface area contributed by atoms with Crippen LogP contribution >= 0.6 is 11.6 Å². The van der Waals surface area contributed by atoms with Crippen LogP contribution in [0.3, 0.4) is 0 Å². The van der Waals surface area contributed by atoms with Crippen molar-refractivity contribution in [1.29, 1.82) is 0 Å². The number of carbonyl (C=O) groups excluding carboxylic acids is 1. The van der Waals surface area contributed by atoms with E-state index in [1.165, 1.54) is 5.56 Å².